The molecule has 0 amide bonds. The summed E-state index contributed by atoms with van der Waals surface area (Å²) in [5.41, 5.74) is 8.02. The van der Waals surface area contributed by atoms with Gasteiger partial charge < -0.3 is 5.73 Å². The summed E-state index contributed by atoms with van der Waals surface area (Å²) in [6, 6.07) is 5.08. The van der Waals surface area contributed by atoms with Crippen LogP contribution in [0.2, 0.25) is 0 Å². The zero-order valence-corrected chi connectivity index (χ0v) is 9.17. The Bertz CT molecular complexity index is 346. The van der Waals surface area contributed by atoms with Gasteiger partial charge in [-0.15, -0.1) is 0 Å². The number of halogens is 1. The zero-order chi connectivity index (χ0) is 10.8. The first-order chi connectivity index (χ1) is 7.20. The molecule has 0 heterocycles. The number of hydrogen-bond donors (Lipinski definition) is 1. The maximum absolute atomic E-state index is 12.9. The molecule has 1 aromatic carbocycles. The van der Waals surface area contributed by atoms with E-state index in [9.17, 15) is 4.39 Å². The van der Waals surface area contributed by atoms with Crippen LogP contribution in [0.15, 0.2) is 18.2 Å². The van der Waals surface area contributed by atoms with Crippen molar-refractivity contribution in [3.63, 3.8) is 0 Å². The molecule has 2 N–H and O–H groups in total. The molecule has 82 valence electrons. The molecule has 1 aliphatic carbocycles. The monoisotopic (exact) mass is 207 g/mol. The van der Waals surface area contributed by atoms with Crippen molar-refractivity contribution in [3.05, 3.63) is 35.1 Å². The van der Waals surface area contributed by atoms with Crippen LogP contribution in [0.3, 0.4) is 0 Å². The van der Waals surface area contributed by atoms with E-state index in [2.05, 4.69) is 0 Å². The van der Waals surface area contributed by atoms with Gasteiger partial charge in [-0.2, -0.15) is 0 Å². The van der Waals surface area contributed by atoms with E-state index in [0.717, 1.165) is 24.4 Å². The van der Waals surface area contributed by atoms with Gasteiger partial charge in [0.1, 0.15) is 5.82 Å². The van der Waals surface area contributed by atoms with E-state index in [1.807, 2.05) is 13.0 Å². The molecule has 0 saturated heterocycles. The first-order valence-corrected chi connectivity index (χ1v) is 5.66. The Labute approximate surface area is 90.5 Å². The second-order valence-corrected chi connectivity index (χ2v) is 4.61. The summed E-state index contributed by atoms with van der Waals surface area (Å²) in [5.74, 6) is 1.27. The number of rotatable bonds is 3. The topological polar surface area (TPSA) is 26.0 Å². The molecule has 0 radical (unpaired) electrons. The molecule has 0 aliphatic heterocycles. The highest BCUT2D eigenvalue weighted by Crippen LogP contribution is 2.36. The molecule has 1 fully saturated rings. The van der Waals surface area contributed by atoms with Gasteiger partial charge in [0, 0.05) is 0 Å². The fourth-order valence-corrected chi connectivity index (χ4v) is 2.39. The summed E-state index contributed by atoms with van der Waals surface area (Å²) in [5, 5.41) is 0. The summed E-state index contributed by atoms with van der Waals surface area (Å²) < 4.78 is 12.9. The molecule has 1 saturated carbocycles. The average Bonchev–Trinajstić information content (AvgIpc) is 2.15. The van der Waals surface area contributed by atoms with Gasteiger partial charge in [-0.3, -0.25) is 0 Å². The SMILES string of the molecule is Cc1cc(F)ccc1CC1CCC1CN. The van der Waals surface area contributed by atoms with Crippen molar-refractivity contribution in [3.8, 4) is 0 Å². The summed E-state index contributed by atoms with van der Waals surface area (Å²) in [4.78, 5) is 0. The second kappa shape index (κ2) is 4.31. The summed E-state index contributed by atoms with van der Waals surface area (Å²) >= 11 is 0. The minimum Gasteiger partial charge on any atom is -0.330 e. The fourth-order valence-electron chi connectivity index (χ4n) is 2.39. The lowest BCUT2D eigenvalue weighted by Crippen LogP contribution is -2.33. The standard InChI is InChI=1S/C13H18FN/c1-9-6-13(14)5-4-10(9)7-11-2-3-12(11)8-15/h4-6,11-12H,2-3,7-8,15H2,1H3. The van der Waals surface area contributed by atoms with Gasteiger partial charge in [-0.25, -0.2) is 4.39 Å². The van der Waals surface area contributed by atoms with Crippen molar-refractivity contribution >= 4 is 0 Å². The molecule has 1 aliphatic rings. The average molecular weight is 207 g/mol. The van der Waals surface area contributed by atoms with Crippen LogP contribution in [0.4, 0.5) is 4.39 Å². The molecule has 15 heavy (non-hydrogen) atoms. The Balaban J connectivity index is 2.04. The van der Waals surface area contributed by atoms with Crippen LogP contribution in [0, 0.1) is 24.6 Å². The number of benzene rings is 1. The highest BCUT2D eigenvalue weighted by molar-refractivity contribution is 5.27. The molecular weight excluding hydrogens is 189 g/mol. The maximum Gasteiger partial charge on any atom is 0.123 e. The van der Waals surface area contributed by atoms with Crippen LogP contribution in [0.1, 0.15) is 24.0 Å². The Morgan fingerprint density at radius 2 is 2.07 bits per heavy atom. The van der Waals surface area contributed by atoms with Crippen molar-refractivity contribution in [2.45, 2.75) is 26.2 Å². The lowest BCUT2D eigenvalue weighted by molar-refractivity contribution is 0.183. The smallest absolute Gasteiger partial charge is 0.123 e. The van der Waals surface area contributed by atoms with Gasteiger partial charge in [-0.05, 0) is 67.8 Å². The zero-order valence-electron chi connectivity index (χ0n) is 9.17. The van der Waals surface area contributed by atoms with Crippen LogP contribution in [-0.4, -0.2) is 6.54 Å². The van der Waals surface area contributed by atoms with Gasteiger partial charge in [0.2, 0.25) is 0 Å². The molecule has 2 rings (SSSR count). The van der Waals surface area contributed by atoms with Crippen LogP contribution >= 0.6 is 0 Å². The molecule has 1 nitrogen and oxygen atoms in total. The van der Waals surface area contributed by atoms with E-state index in [1.54, 1.807) is 12.1 Å². The van der Waals surface area contributed by atoms with Crippen molar-refractivity contribution in [2.24, 2.45) is 17.6 Å². The summed E-state index contributed by atoms with van der Waals surface area (Å²) in [7, 11) is 0. The van der Waals surface area contributed by atoms with Crippen molar-refractivity contribution in [2.75, 3.05) is 6.54 Å². The van der Waals surface area contributed by atoms with E-state index in [4.69, 9.17) is 5.73 Å². The Morgan fingerprint density at radius 3 is 2.60 bits per heavy atom. The Hall–Kier alpha value is -0.890. The van der Waals surface area contributed by atoms with E-state index >= 15 is 0 Å². The lowest BCUT2D eigenvalue weighted by Gasteiger charge is -2.36. The molecule has 0 aromatic heterocycles. The normalized spacial score (nSPS) is 25.0. The number of aryl methyl sites for hydroxylation is 1. The van der Waals surface area contributed by atoms with Crippen LogP contribution < -0.4 is 5.73 Å². The first-order valence-electron chi connectivity index (χ1n) is 5.66. The molecule has 0 spiro atoms. The second-order valence-electron chi connectivity index (χ2n) is 4.61. The summed E-state index contributed by atoms with van der Waals surface area (Å²) in [6.07, 6.45) is 3.61. The Kier molecular flexibility index (Phi) is 3.06. The third-order valence-corrected chi connectivity index (χ3v) is 3.66. The van der Waals surface area contributed by atoms with Crippen LogP contribution in [0.25, 0.3) is 0 Å². The minimum absolute atomic E-state index is 0.139. The van der Waals surface area contributed by atoms with Gasteiger partial charge >= 0.3 is 0 Å². The maximum atomic E-state index is 12.9. The van der Waals surface area contributed by atoms with Gasteiger partial charge in [-0.1, -0.05) is 6.07 Å². The molecular formula is C13H18FN. The first kappa shape index (κ1) is 10.6. The fraction of sp³-hybridized carbons (Fsp3) is 0.538. The van der Waals surface area contributed by atoms with E-state index in [0.29, 0.717) is 5.92 Å². The third-order valence-electron chi connectivity index (χ3n) is 3.66. The van der Waals surface area contributed by atoms with E-state index < -0.39 is 0 Å². The molecule has 2 atom stereocenters. The quantitative estimate of drug-likeness (QED) is 0.810. The predicted molar refractivity (Wildman–Crippen MR) is 60.1 cm³/mol. The summed E-state index contributed by atoms with van der Waals surface area (Å²) in [6.45, 7) is 2.78. The molecule has 1 aromatic rings. The minimum atomic E-state index is -0.139. The predicted octanol–water partition coefficient (Wildman–Crippen LogP) is 2.66. The van der Waals surface area contributed by atoms with Crippen LogP contribution in [0.5, 0.6) is 0 Å². The van der Waals surface area contributed by atoms with Crippen molar-refractivity contribution in [1.82, 2.24) is 0 Å². The number of nitrogens with two attached hydrogens (primary N) is 1. The molecule has 0 bridgehead atoms. The third kappa shape index (κ3) is 2.20. The van der Waals surface area contributed by atoms with Crippen LogP contribution in [-0.2, 0) is 6.42 Å². The van der Waals surface area contributed by atoms with E-state index in [-0.39, 0.29) is 5.82 Å². The number of hydrogen-bond acceptors (Lipinski definition) is 1. The van der Waals surface area contributed by atoms with E-state index in [1.165, 1.54) is 18.4 Å². The highest BCUT2D eigenvalue weighted by atomic mass is 19.1. The molecule has 2 heteroatoms. The van der Waals surface area contributed by atoms with Crippen molar-refractivity contribution in [1.29, 1.82) is 0 Å². The van der Waals surface area contributed by atoms with Gasteiger partial charge in [0.25, 0.3) is 0 Å². The van der Waals surface area contributed by atoms with Crippen molar-refractivity contribution < 1.29 is 4.39 Å². The van der Waals surface area contributed by atoms with Gasteiger partial charge in [0.15, 0.2) is 0 Å². The Morgan fingerprint density at radius 1 is 1.33 bits per heavy atom. The highest BCUT2D eigenvalue weighted by Gasteiger charge is 2.29. The largest absolute Gasteiger partial charge is 0.330 e. The molecule has 2 unspecified atom stereocenters. The van der Waals surface area contributed by atoms with Gasteiger partial charge in [0.05, 0.1) is 0 Å². The lowest BCUT2D eigenvalue weighted by atomic mass is 9.70.